The number of hydrogen-bond donors (Lipinski definition) is 1. The maximum Gasteiger partial charge on any atom is 0.0789 e. The highest BCUT2D eigenvalue weighted by Gasteiger charge is 2.51. The van der Waals surface area contributed by atoms with Gasteiger partial charge in [-0.2, -0.15) is 0 Å². The van der Waals surface area contributed by atoms with Gasteiger partial charge in [-0.1, -0.05) is 0 Å². The summed E-state index contributed by atoms with van der Waals surface area (Å²) in [6, 6.07) is 0.523. The van der Waals surface area contributed by atoms with Gasteiger partial charge in [0.05, 0.1) is 11.2 Å². The number of hydrogen-bond acceptors (Lipinski definition) is 3. The van der Waals surface area contributed by atoms with E-state index in [1.54, 1.807) is 0 Å². The number of rotatable bonds is 1. The first-order valence-electron chi connectivity index (χ1n) is 6.82. The van der Waals surface area contributed by atoms with E-state index in [4.69, 9.17) is 4.74 Å². The van der Waals surface area contributed by atoms with Gasteiger partial charge in [0.2, 0.25) is 0 Å². The molecule has 0 aromatic rings. The van der Waals surface area contributed by atoms with Crippen LogP contribution in [0.4, 0.5) is 0 Å². The molecule has 0 aliphatic carbocycles. The average molecular weight is 240 g/mol. The lowest BCUT2D eigenvalue weighted by molar-refractivity contribution is -0.0925. The first-order chi connectivity index (χ1) is 7.64. The Morgan fingerprint density at radius 2 is 1.76 bits per heavy atom. The van der Waals surface area contributed by atoms with Crippen LogP contribution in [0.25, 0.3) is 0 Å². The van der Waals surface area contributed by atoms with Crippen LogP contribution in [0.15, 0.2) is 0 Å². The van der Waals surface area contributed by atoms with Crippen molar-refractivity contribution in [1.82, 2.24) is 10.2 Å². The fourth-order valence-electron chi connectivity index (χ4n) is 3.59. The van der Waals surface area contributed by atoms with Gasteiger partial charge >= 0.3 is 0 Å². The van der Waals surface area contributed by atoms with E-state index in [0.717, 1.165) is 26.1 Å². The van der Waals surface area contributed by atoms with Crippen LogP contribution < -0.4 is 5.32 Å². The molecule has 100 valence electrons. The summed E-state index contributed by atoms with van der Waals surface area (Å²) in [4.78, 5) is 2.65. The van der Waals surface area contributed by atoms with Crippen molar-refractivity contribution in [2.24, 2.45) is 0 Å². The quantitative estimate of drug-likeness (QED) is 0.759. The SMILES string of the molecule is CC1(C)CC(N2CCNCC2(C)C)C(C)(C)O1. The van der Waals surface area contributed by atoms with Crippen LogP contribution in [0.2, 0.25) is 0 Å². The summed E-state index contributed by atoms with van der Waals surface area (Å²) in [5.41, 5.74) is 0.192. The minimum absolute atomic E-state index is 0.00905. The molecule has 0 aromatic carbocycles. The van der Waals surface area contributed by atoms with E-state index in [2.05, 4.69) is 51.8 Å². The van der Waals surface area contributed by atoms with Crippen molar-refractivity contribution in [1.29, 1.82) is 0 Å². The number of piperazine rings is 1. The van der Waals surface area contributed by atoms with Gasteiger partial charge in [-0.05, 0) is 48.0 Å². The van der Waals surface area contributed by atoms with E-state index in [0.29, 0.717) is 6.04 Å². The van der Waals surface area contributed by atoms with Crippen LogP contribution in [0, 0.1) is 0 Å². The predicted octanol–water partition coefficient (Wildman–Crippen LogP) is 2.02. The monoisotopic (exact) mass is 240 g/mol. The van der Waals surface area contributed by atoms with Crippen molar-refractivity contribution in [2.45, 2.75) is 70.7 Å². The maximum atomic E-state index is 6.23. The summed E-state index contributed by atoms with van der Waals surface area (Å²) in [7, 11) is 0. The van der Waals surface area contributed by atoms with Crippen molar-refractivity contribution in [3.63, 3.8) is 0 Å². The molecule has 2 aliphatic heterocycles. The van der Waals surface area contributed by atoms with Crippen LogP contribution in [-0.4, -0.2) is 47.3 Å². The number of nitrogens with zero attached hydrogens (tertiary/aromatic N) is 1. The summed E-state index contributed by atoms with van der Waals surface area (Å²) in [6.07, 6.45) is 1.13. The molecule has 2 fully saturated rings. The lowest BCUT2D eigenvalue weighted by atomic mass is 9.87. The smallest absolute Gasteiger partial charge is 0.0789 e. The van der Waals surface area contributed by atoms with Crippen molar-refractivity contribution >= 4 is 0 Å². The molecule has 0 bridgehead atoms. The lowest BCUT2D eigenvalue weighted by Gasteiger charge is -2.49. The number of ether oxygens (including phenoxy) is 1. The van der Waals surface area contributed by atoms with E-state index in [9.17, 15) is 0 Å². The molecule has 0 saturated carbocycles. The zero-order valence-corrected chi connectivity index (χ0v) is 12.3. The molecule has 0 radical (unpaired) electrons. The van der Waals surface area contributed by atoms with Gasteiger partial charge in [0.15, 0.2) is 0 Å². The summed E-state index contributed by atoms with van der Waals surface area (Å²) < 4.78 is 6.23. The molecule has 2 rings (SSSR count). The highest BCUT2D eigenvalue weighted by Crippen LogP contribution is 2.42. The lowest BCUT2D eigenvalue weighted by Crippen LogP contribution is -2.64. The van der Waals surface area contributed by atoms with Crippen molar-refractivity contribution in [3.8, 4) is 0 Å². The van der Waals surface area contributed by atoms with Gasteiger partial charge in [0, 0.05) is 31.2 Å². The van der Waals surface area contributed by atoms with E-state index >= 15 is 0 Å². The molecule has 3 heteroatoms. The Balaban J connectivity index is 2.21. The van der Waals surface area contributed by atoms with Gasteiger partial charge in [-0.25, -0.2) is 0 Å². The third-order valence-corrected chi connectivity index (χ3v) is 4.27. The van der Waals surface area contributed by atoms with Crippen LogP contribution in [0.3, 0.4) is 0 Å². The third kappa shape index (κ3) is 2.51. The van der Waals surface area contributed by atoms with Crippen LogP contribution in [0.5, 0.6) is 0 Å². The van der Waals surface area contributed by atoms with E-state index in [1.165, 1.54) is 0 Å². The Hall–Kier alpha value is -0.120. The fraction of sp³-hybridized carbons (Fsp3) is 1.00. The second kappa shape index (κ2) is 3.94. The third-order valence-electron chi connectivity index (χ3n) is 4.27. The molecule has 1 unspecified atom stereocenters. The molecule has 1 N–H and O–H groups in total. The second-order valence-electron chi connectivity index (χ2n) is 7.37. The molecule has 2 aliphatic rings. The van der Waals surface area contributed by atoms with Crippen LogP contribution in [-0.2, 0) is 4.74 Å². The molecule has 1 atom stereocenters. The zero-order chi connectivity index (χ0) is 12.9. The zero-order valence-electron chi connectivity index (χ0n) is 12.3. The van der Waals surface area contributed by atoms with E-state index in [1.807, 2.05) is 0 Å². The molecule has 2 saturated heterocycles. The Labute approximate surface area is 106 Å². The summed E-state index contributed by atoms with van der Waals surface area (Å²) >= 11 is 0. The Morgan fingerprint density at radius 1 is 1.12 bits per heavy atom. The molecule has 2 heterocycles. The topological polar surface area (TPSA) is 24.5 Å². The predicted molar refractivity (Wildman–Crippen MR) is 71.3 cm³/mol. The van der Waals surface area contributed by atoms with Crippen LogP contribution >= 0.6 is 0 Å². The maximum absolute atomic E-state index is 6.23. The molecule has 17 heavy (non-hydrogen) atoms. The van der Waals surface area contributed by atoms with Gasteiger partial charge in [-0.3, -0.25) is 4.90 Å². The van der Waals surface area contributed by atoms with Crippen molar-refractivity contribution in [2.75, 3.05) is 19.6 Å². The Bertz CT molecular complexity index is 297. The van der Waals surface area contributed by atoms with E-state index in [-0.39, 0.29) is 16.7 Å². The summed E-state index contributed by atoms with van der Waals surface area (Å²) in [6.45, 7) is 16.9. The van der Waals surface area contributed by atoms with Gasteiger partial charge < -0.3 is 10.1 Å². The van der Waals surface area contributed by atoms with Gasteiger partial charge in [0.25, 0.3) is 0 Å². The van der Waals surface area contributed by atoms with Crippen molar-refractivity contribution < 1.29 is 4.74 Å². The van der Waals surface area contributed by atoms with Gasteiger partial charge in [0.1, 0.15) is 0 Å². The highest BCUT2D eigenvalue weighted by molar-refractivity contribution is 5.04. The highest BCUT2D eigenvalue weighted by atomic mass is 16.5. The number of nitrogens with one attached hydrogen (secondary N) is 1. The minimum Gasteiger partial charge on any atom is -0.368 e. The molecule has 0 spiro atoms. The first kappa shape index (κ1) is 13.3. The fourth-order valence-corrected chi connectivity index (χ4v) is 3.59. The Morgan fingerprint density at radius 3 is 2.24 bits per heavy atom. The van der Waals surface area contributed by atoms with E-state index < -0.39 is 0 Å². The minimum atomic E-state index is -0.0435. The standard InChI is InChI=1S/C14H28N2O/c1-12(2)10-15-7-8-16(12)11-9-13(3,4)17-14(11,5)6/h11,15H,7-10H2,1-6H3. The summed E-state index contributed by atoms with van der Waals surface area (Å²) in [5, 5.41) is 3.49. The van der Waals surface area contributed by atoms with Crippen molar-refractivity contribution in [3.05, 3.63) is 0 Å². The summed E-state index contributed by atoms with van der Waals surface area (Å²) in [5.74, 6) is 0. The van der Waals surface area contributed by atoms with Gasteiger partial charge in [-0.15, -0.1) is 0 Å². The Kier molecular flexibility index (Phi) is 3.08. The molecule has 3 nitrogen and oxygen atoms in total. The average Bonchev–Trinajstić information content (AvgIpc) is 2.33. The second-order valence-corrected chi connectivity index (χ2v) is 7.37. The molecular weight excluding hydrogens is 212 g/mol. The van der Waals surface area contributed by atoms with Crippen LogP contribution in [0.1, 0.15) is 48.0 Å². The molecule has 0 amide bonds. The first-order valence-corrected chi connectivity index (χ1v) is 6.82. The largest absolute Gasteiger partial charge is 0.368 e. The molecule has 0 aromatic heterocycles. The molecular formula is C14H28N2O. The normalized spacial score (nSPS) is 36.0.